The Morgan fingerprint density at radius 1 is 1.09 bits per heavy atom. The van der Waals surface area contributed by atoms with E-state index in [1.54, 1.807) is 54.6 Å². The zero-order valence-corrected chi connectivity index (χ0v) is 20.1. The number of aryl methyl sites for hydroxylation is 1. The fourth-order valence-electron chi connectivity index (χ4n) is 2.97. The number of benzene rings is 3. The predicted octanol–water partition coefficient (Wildman–Crippen LogP) is 5.70. The zero-order valence-electron chi connectivity index (χ0n) is 17.8. The molecule has 0 heterocycles. The summed E-state index contributed by atoms with van der Waals surface area (Å²) in [6.45, 7) is 5.24. The van der Waals surface area contributed by atoms with Crippen LogP contribution in [0.15, 0.2) is 84.3 Å². The maximum Gasteiger partial charge on any atom is 0.264 e. The normalized spacial score (nSPS) is 11.0. The standard InChI is InChI=1S/C24H22Cl2N2O4S/c1-3-14-32-19-7-4-6-18(15-19)27-23(29)16-28(22-9-5-8-21(25)24(22)26)33(30,31)20-12-10-17(2)11-13-20/h3-13,15H,1,14,16H2,2H3,(H,27,29). The van der Waals surface area contributed by atoms with Crippen molar-refractivity contribution in [2.24, 2.45) is 0 Å². The van der Waals surface area contributed by atoms with E-state index in [2.05, 4.69) is 11.9 Å². The summed E-state index contributed by atoms with van der Waals surface area (Å²) in [6, 6.07) is 17.7. The van der Waals surface area contributed by atoms with Crippen LogP contribution in [-0.2, 0) is 14.8 Å². The van der Waals surface area contributed by atoms with Crippen LogP contribution in [0.5, 0.6) is 5.75 Å². The molecule has 3 aromatic rings. The molecular weight excluding hydrogens is 483 g/mol. The van der Waals surface area contributed by atoms with Crippen LogP contribution >= 0.6 is 23.2 Å². The second-order valence-electron chi connectivity index (χ2n) is 7.07. The average molecular weight is 505 g/mol. The fourth-order valence-corrected chi connectivity index (χ4v) is 4.85. The van der Waals surface area contributed by atoms with E-state index in [1.165, 1.54) is 18.2 Å². The molecule has 0 aromatic heterocycles. The Morgan fingerprint density at radius 2 is 1.79 bits per heavy atom. The molecule has 1 amide bonds. The molecular formula is C24H22Cl2N2O4S. The predicted molar refractivity (Wildman–Crippen MR) is 133 cm³/mol. The van der Waals surface area contributed by atoms with Gasteiger partial charge in [-0.3, -0.25) is 9.10 Å². The quantitative estimate of drug-likeness (QED) is 0.379. The largest absolute Gasteiger partial charge is 0.489 e. The minimum absolute atomic E-state index is 0.0248. The van der Waals surface area contributed by atoms with Crippen molar-refractivity contribution in [3.8, 4) is 5.75 Å². The van der Waals surface area contributed by atoms with E-state index in [0.717, 1.165) is 9.87 Å². The SMILES string of the molecule is C=CCOc1cccc(NC(=O)CN(c2cccc(Cl)c2Cl)S(=O)(=O)c2ccc(C)cc2)c1. The van der Waals surface area contributed by atoms with Gasteiger partial charge < -0.3 is 10.1 Å². The molecule has 0 fully saturated rings. The van der Waals surface area contributed by atoms with Gasteiger partial charge >= 0.3 is 0 Å². The van der Waals surface area contributed by atoms with E-state index < -0.39 is 22.5 Å². The van der Waals surface area contributed by atoms with E-state index >= 15 is 0 Å². The van der Waals surface area contributed by atoms with Gasteiger partial charge in [0.25, 0.3) is 10.0 Å². The number of anilines is 2. The molecule has 172 valence electrons. The first kappa shape index (κ1) is 24.6. The lowest BCUT2D eigenvalue weighted by Crippen LogP contribution is -2.38. The van der Waals surface area contributed by atoms with Gasteiger partial charge in [0.05, 0.1) is 20.6 Å². The number of hydrogen-bond acceptors (Lipinski definition) is 4. The third kappa shape index (κ3) is 6.07. The molecule has 6 nitrogen and oxygen atoms in total. The zero-order chi connectivity index (χ0) is 24.0. The van der Waals surface area contributed by atoms with E-state index in [4.69, 9.17) is 27.9 Å². The van der Waals surface area contributed by atoms with Crippen LogP contribution in [-0.4, -0.2) is 27.5 Å². The molecule has 0 aliphatic rings. The summed E-state index contributed by atoms with van der Waals surface area (Å²) in [4.78, 5) is 12.9. The monoisotopic (exact) mass is 504 g/mol. The Kier molecular flexibility index (Phi) is 8.02. The Hall–Kier alpha value is -3.00. The molecule has 0 saturated carbocycles. The highest BCUT2D eigenvalue weighted by Gasteiger charge is 2.29. The van der Waals surface area contributed by atoms with Crippen LogP contribution in [0.3, 0.4) is 0 Å². The molecule has 0 unspecified atom stereocenters. The number of amides is 1. The molecule has 0 saturated heterocycles. The lowest BCUT2D eigenvalue weighted by molar-refractivity contribution is -0.114. The minimum atomic E-state index is -4.12. The summed E-state index contributed by atoms with van der Waals surface area (Å²) < 4.78 is 33.4. The van der Waals surface area contributed by atoms with E-state index in [0.29, 0.717) is 18.0 Å². The molecule has 0 radical (unpaired) electrons. The summed E-state index contributed by atoms with van der Waals surface area (Å²) in [5, 5.41) is 2.90. The van der Waals surface area contributed by atoms with E-state index in [-0.39, 0.29) is 20.6 Å². The van der Waals surface area contributed by atoms with Crippen LogP contribution in [0.25, 0.3) is 0 Å². The topological polar surface area (TPSA) is 75.7 Å². The Morgan fingerprint density at radius 3 is 2.48 bits per heavy atom. The van der Waals surface area contributed by atoms with Crippen LogP contribution in [0.1, 0.15) is 5.56 Å². The lowest BCUT2D eigenvalue weighted by Gasteiger charge is -2.25. The number of carbonyl (C=O) groups is 1. The minimum Gasteiger partial charge on any atom is -0.489 e. The fraction of sp³-hybridized carbons (Fsp3) is 0.125. The first-order valence-electron chi connectivity index (χ1n) is 9.89. The Balaban J connectivity index is 1.93. The van der Waals surface area contributed by atoms with Crippen molar-refractivity contribution in [1.82, 2.24) is 0 Å². The second kappa shape index (κ2) is 10.7. The van der Waals surface area contributed by atoms with Crippen molar-refractivity contribution in [3.05, 3.63) is 95.0 Å². The van der Waals surface area contributed by atoms with Crippen LogP contribution < -0.4 is 14.4 Å². The van der Waals surface area contributed by atoms with Crippen LogP contribution in [0.4, 0.5) is 11.4 Å². The highest BCUT2D eigenvalue weighted by molar-refractivity contribution is 7.92. The smallest absolute Gasteiger partial charge is 0.264 e. The maximum absolute atomic E-state index is 13.5. The molecule has 0 bridgehead atoms. The van der Waals surface area contributed by atoms with Crippen molar-refractivity contribution < 1.29 is 17.9 Å². The number of nitrogens with one attached hydrogen (secondary N) is 1. The molecule has 9 heteroatoms. The number of rotatable bonds is 9. The molecule has 0 aliphatic heterocycles. The number of ether oxygens (including phenoxy) is 1. The van der Waals surface area contributed by atoms with Crippen molar-refractivity contribution in [3.63, 3.8) is 0 Å². The van der Waals surface area contributed by atoms with Crippen molar-refractivity contribution in [2.45, 2.75) is 11.8 Å². The number of nitrogens with zero attached hydrogens (tertiary/aromatic N) is 1. The van der Waals surface area contributed by atoms with Gasteiger partial charge in [0.15, 0.2) is 0 Å². The van der Waals surface area contributed by atoms with Gasteiger partial charge in [0, 0.05) is 11.8 Å². The van der Waals surface area contributed by atoms with Gasteiger partial charge in [0.2, 0.25) is 5.91 Å². The van der Waals surface area contributed by atoms with Gasteiger partial charge in [0.1, 0.15) is 18.9 Å². The molecule has 0 spiro atoms. The van der Waals surface area contributed by atoms with Crippen LogP contribution in [0.2, 0.25) is 10.0 Å². The number of hydrogen-bond donors (Lipinski definition) is 1. The van der Waals surface area contributed by atoms with Crippen LogP contribution in [0, 0.1) is 6.92 Å². The highest BCUT2D eigenvalue weighted by Crippen LogP contribution is 2.35. The van der Waals surface area contributed by atoms with Gasteiger partial charge in [-0.05, 0) is 43.3 Å². The first-order chi connectivity index (χ1) is 15.7. The summed E-state index contributed by atoms with van der Waals surface area (Å²) in [6.07, 6.45) is 1.60. The van der Waals surface area contributed by atoms with E-state index in [1.807, 2.05) is 6.92 Å². The summed E-state index contributed by atoms with van der Waals surface area (Å²) in [5.41, 5.74) is 1.45. The summed E-state index contributed by atoms with van der Waals surface area (Å²) in [5.74, 6) is -0.0303. The van der Waals surface area contributed by atoms with Crippen molar-refractivity contribution in [1.29, 1.82) is 0 Å². The third-order valence-electron chi connectivity index (χ3n) is 4.58. The third-order valence-corrected chi connectivity index (χ3v) is 7.16. The Labute approximate surface area is 203 Å². The molecule has 0 aliphatic carbocycles. The molecule has 3 aromatic carbocycles. The van der Waals surface area contributed by atoms with Crippen molar-refractivity contribution >= 4 is 50.5 Å². The van der Waals surface area contributed by atoms with Gasteiger partial charge in [-0.1, -0.05) is 65.7 Å². The molecule has 1 N–H and O–H groups in total. The molecule has 0 atom stereocenters. The number of halogens is 2. The number of carbonyl (C=O) groups excluding carboxylic acids is 1. The first-order valence-corrected chi connectivity index (χ1v) is 12.1. The van der Waals surface area contributed by atoms with Gasteiger partial charge in [-0.25, -0.2) is 8.42 Å². The lowest BCUT2D eigenvalue weighted by atomic mass is 10.2. The average Bonchev–Trinajstić information content (AvgIpc) is 2.78. The van der Waals surface area contributed by atoms with Crippen molar-refractivity contribution in [2.75, 3.05) is 22.8 Å². The molecule has 3 rings (SSSR count). The Bertz CT molecular complexity index is 1260. The highest BCUT2D eigenvalue weighted by atomic mass is 35.5. The van der Waals surface area contributed by atoms with Gasteiger partial charge in [-0.2, -0.15) is 0 Å². The second-order valence-corrected chi connectivity index (χ2v) is 9.72. The summed E-state index contributed by atoms with van der Waals surface area (Å²) >= 11 is 12.5. The van der Waals surface area contributed by atoms with Gasteiger partial charge in [-0.15, -0.1) is 0 Å². The maximum atomic E-state index is 13.5. The number of sulfonamides is 1. The molecule has 33 heavy (non-hydrogen) atoms. The van der Waals surface area contributed by atoms with E-state index in [9.17, 15) is 13.2 Å². The summed E-state index contributed by atoms with van der Waals surface area (Å²) in [7, 11) is -4.12.